The van der Waals surface area contributed by atoms with Gasteiger partial charge in [-0.3, -0.25) is 0 Å². The highest BCUT2D eigenvalue weighted by molar-refractivity contribution is 6.33. The molecule has 2 aromatic carbocycles. The number of rotatable bonds is 10. The van der Waals surface area contributed by atoms with Crippen LogP contribution in [0.2, 0.25) is 5.02 Å². The number of halogens is 1. The van der Waals surface area contributed by atoms with Crippen LogP contribution in [0.5, 0.6) is 5.75 Å². The Hall–Kier alpha value is -2.34. The summed E-state index contributed by atoms with van der Waals surface area (Å²) in [6, 6.07) is 15.6. The molecule has 0 aliphatic carbocycles. The SMILES string of the molecule is CCOCCCNCc1cn(-c2ccc(OC)cc2)nc1-c1ccccc1Cl. The van der Waals surface area contributed by atoms with Crippen LogP contribution in [-0.4, -0.2) is 36.6 Å². The molecule has 0 spiro atoms. The summed E-state index contributed by atoms with van der Waals surface area (Å²) in [5.74, 6) is 0.818. The van der Waals surface area contributed by atoms with Gasteiger partial charge >= 0.3 is 0 Å². The molecule has 5 nitrogen and oxygen atoms in total. The van der Waals surface area contributed by atoms with E-state index < -0.39 is 0 Å². The predicted molar refractivity (Wildman–Crippen MR) is 113 cm³/mol. The molecule has 3 aromatic rings. The molecule has 0 unspecified atom stereocenters. The maximum Gasteiger partial charge on any atom is 0.119 e. The van der Waals surface area contributed by atoms with E-state index in [4.69, 9.17) is 26.2 Å². The van der Waals surface area contributed by atoms with Crippen LogP contribution >= 0.6 is 11.6 Å². The van der Waals surface area contributed by atoms with Gasteiger partial charge in [0.1, 0.15) is 5.75 Å². The van der Waals surface area contributed by atoms with Crippen LogP contribution < -0.4 is 10.1 Å². The minimum atomic E-state index is 0.695. The molecule has 0 saturated heterocycles. The Balaban J connectivity index is 1.83. The molecule has 0 amide bonds. The van der Waals surface area contributed by atoms with E-state index >= 15 is 0 Å². The van der Waals surface area contributed by atoms with Crippen LogP contribution in [0.4, 0.5) is 0 Å². The number of aromatic nitrogens is 2. The zero-order chi connectivity index (χ0) is 19.8. The number of nitrogens with zero attached hydrogens (tertiary/aromatic N) is 2. The third kappa shape index (κ3) is 5.13. The molecule has 1 aromatic heterocycles. The quantitative estimate of drug-likeness (QED) is 0.501. The second-order valence-corrected chi connectivity index (χ2v) is 6.76. The van der Waals surface area contributed by atoms with Gasteiger partial charge in [0.05, 0.1) is 23.5 Å². The molecular formula is C22H26ClN3O2. The van der Waals surface area contributed by atoms with Crippen LogP contribution in [0.1, 0.15) is 18.9 Å². The molecule has 0 saturated carbocycles. The third-order valence-electron chi connectivity index (χ3n) is 4.42. The Labute approximate surface area is 171 Å². The second-order valence-electron chi connectivity index (χ2n) is 6.35. The average Bonchev–Trinajstić information content (AvgIpc) is 3.15. The van der Waals surface area contributed by atoms with E-state index in [0.717, 1.165) is 54.4 Å². The molecule has 1 heterocycles. The van der Waals surface area contributed by atoms with Crippen molar-refractivity contribution in [1.29, 1.82) is 0 Å². The van der Waals surface area contributed by atoms with Crippen molar-refractivity contribution in [1.82, 2.24) is 15.1 Å². The predicted octanol–water partition coefficient (Wildman–Crippen LogP) is 4.72. The van der Waals surface area contributed by atoms with E-state index in [2.05, 4.69) is 11.5 Å². The molecule has 28 heavy (non-hydrogen) atoms. The zero-order valence-electron chi connectivity index (χ0n) is 16.3. The first kappa shape index (κ1) is 20.4. The Kier molecular flexibility index (Phi) is 7.48. The lowest BCUT2D eigenvalue weighted by atomic mass is 10.1. The standard InChI is InChI=1S/C22H26ClN3O2/c1-3-28-14-6-13-24-15-17-16-26(18-9-11-19(27-2)12-10-18)25-22(17)20-7-4-5-8-21(20)23/h4-5,7-12,16,24H,3,6,13-15H2,1-2H3. The summed E-state index contributed by atoms with van der Waals surface area (Å²) in [4.78, 5) is 0. The maximum atomic E-state index is 6.44. The number of benzene rings is 2. The highest BCUT2D eigenvalue weighted by Gasteiger charge is 2.14. The summed E-state index contributed by atoms with van der Waals surface area (Å²) in [6.07, 6.45) is 3.03. The van der Waals surface area contributed by atoms with Crippen LogP contribution in [0.15, 0.2) is 54.7 Å². The maximum absolute atomic E-state index is 6.44. The van der Waals surface area contributed by atoms with E-state index in [9.17, 15) is 0 Å². The van der Waals surface area contributed by atoms with Gasteiger partial charge in [0, 0.05) is 37.1 Å². The lowest BCUT2D eigenvalue weighted by Gasteiger charge is -2.06. The summed E-state index contributed by atoms with van der Waals surface area (Å²) in [6.45, 7) is 5.13. The minimum Gasteiger partial charge on any atom is -0.497 e. The summed E-state index contributed by atoms with van der Waals surface area (Å²) in [5, 5.41) is 8.99. The number of hydrogen-bond donors (Lipinski definition) is 1. The summed E-state index contributed by atoms with van der Waals surface area (Å²) >= 11 is 6.44. The molecular weight excluding hydrogens is 374 g/mol. The first-order valence-electron chi connectivity index (χ1n) is 9.49. The van der Waals surface area contributed by atoms with Gasteiger partial charge in [0.25, 0.3) is 0 Å². The second kappa shape index (κ2) is 10.3. The Morgan fingerprint density at radius 2 is 1.89 bits per heavy atom. The summed E-state index contributed by atoms with van der Waals surface area (Å²) < 4.78 is 12.5. The first-order valence-corrected chi connectivity index (χ1v) is 9.87. The molecule has 148 valence electrons. The lowest BCUT2D eigenvalue weighted by molar-refractivity contribution is 0.144. The average molecular weight is 400 g/mol. The van der Waals surface area contributed by atoms with Crippen molar-refractivity contribution in [2.24, 2.45) is 0 Å². The van der Waals surface area contributed by atoms with Gasteiger partial charge in [-0.15, -0.1) is 0 Å². The van der Waals surface area contributed by atoms with Gasteiger partial charge in [0.2, 0.25) is 0 Å². The molecule has 0 bridgehead atoms. The van der Waals surface area contributed by atoms with Crippen LogP contribution in [0.25, 0.3) is 16.9 Å². The topological polar surface area (TPSA) is 48.3 Å². The monoisotopic (exact) mass is 399 g/mol. The molecule has 0 aliphatic heterocycles. The van der Waals surface area contributed by atoms with Gasteiger partial charge in [-0.25, -0.2) is 4.68 Å². The smallest absolute Gasteiger partial charge is 0.119 e. The highest BCUT2D eigenvalue weighted by Crippen LogP contribution is 2.30. The summed E-state index contributed by atoms with van der Waals surface area (Å²) in [7, 11) is 1.66. The number of ether oxygens (including phenoxy) is 2. The molecule has 0 radical (unpaired) electrons. The van der Waals surface area contributed by atoms with Crippen molar-refractivity contribution in [3.63, 3.8) is 0 Å². The molecule has 1 N–H and O–H groups in total. The van der Waals surface area contributed by atoms with Crippen LogP contribution in [0, 0.1) is 0 Å². The molecule has 6 heteroatoms. The van der Waals surface area contributed by atoms with E-state index in [1.807, 2.05) is 60.1 Å². The fraction of sp³-hybridized carbons (Fsp3) is 0.318. The molecule has 0 fully saturated rings. The minimum absolute atomic E-state index is 0.695. The van der Waals surface area contributed by atoms with Gasteiger partial charge in [0.15, 0.2) is 0 Å². The fourth-order valence-electron chi connectivity index (χ4n) is 2.95. The summed E-state index contributed by atoms with van der Waals surface area (Å²) in [5.41, 5.74) is 3.89. The third-order valence-corrected chi connectivity index (χ3v) is 4.75. The Morgan fingerprint density at radius 1 is 1.11 bits per heavy atom. The van der Waals surface area contributed by atoms with Crippen molar-refractivity contribution in [3.8, 4) is 22.7 Å². The Morgan fingerprint density at radius 3 is 2.61 bits per heavy atom. The van der Waals surface area contributed by atoms with Crippen molar-refractivity contribution >= 4 is 11.6 Å². The van der Waals surface area contributed by atoms with E-state index in [1.165, 1.54) is 0 Å². The van der Waals surface area contributed by atoms with Crippen molar-refractivity contribution in [3.05, 3.63) is 65.3 Å². The molecule has 0 atom stereocenters. The molecule has 0 aliphatic rings. The van der Waals surface area contributed by atoms with Crippen molar-refractivity contribution < 1.29 is 9.47 Å². The van der Waals surface area contributed by atoms with E-state index in [-0.39, 0.29) is 0 Å². The van der Waals surface area contributed by atoms with Gasteiger partial charge in [-0.2, -0.15) is 5.10 Å². The fourth-order valence-corrected chi connectivity index (χ4v) is 3.18. The van der Waals surface area contributed by atoms with Crippen LogP contribution in [-0.2, 0) is 11.3 Å². The van der Waals surface area contributed by atoms with Crippen molar-refractivity contribution in [2.75, 3.05) is 26.9 Å². The number of nitrogens with one attached hydrogen (secondary N) is 1. The Bertz CT molecular complexity index is 878. The number of methoxy groups -OCH3 is 1. The van der Waals surface area contributed by atoms with E-state index in [1.54, 1.807) is 7.11 Å². The lowest BCUT2D eigenvalue weighted by Crippen LogP contribution is -2.16. The first-order chi connectivity index (χ1) is 13.7. The highest BCUT2D eigenvalue weighted by atomic mass is 35.5. The van der Waals surface area contributed by atoms with Crippen LogP contribution in [0.3, 0.4) is 0 Å². The molecule has 3 rings (SSSR count). The van der Waals surface area contributed by atoms with Crippen molar-refractivity contribution in [2.45, 2.75) is 19.9 Å². The van der Waals surface area contributed by atoms with Gasteiger partial charge in [-0.05, 0) is 50.2 Å². The zero-order valence-corrected chi connectivity index (χ0v) is 17.1. The normalized spacial score (nSPS) is 11.0. The van der Waals surface area contributed by atoms with E-state index in [0.29, 0.717) is 11.6 Å². The van der Waals surface area contributed by atoms with Gasteiger partial charge < -0.3 is 14.8 Å². The van der Waals surface area contributed by atoms with Gasteiger partial charge in [-0.1, -0.05) is 29.8 Å². The number of hydrogen-bond acceptors (Lipinski definition) is 4. The largest absolute Gasteiger partial charge is 0.497 e.